The summed E-state index contributed by atoms with van der Waals surface area (Å²) in [5, 5.41) is 10.1. The van der Waals surface area contributed by atoms with E-state index in [2.05, 4.69) is 0 Å². The normalized spacial score (nSPS) is 12.0. The molecule has 3 nitrogen and oxygen atoms in total. The summed E-state index contributed by atoms with van der Waals surface area (Å²) in [4.78, 5) is 0. The molecule has 1 N–H and O–H groups in total. The third-order valence-corrected chi connectivity index (χ3v) is 3.06. The maximum atomic E-state index is 13.0. The van der Waals surface area contributed by atoms with Crippen molar-refractivity contribution in [3.63, 3.8) is 0 Å². The molecule has 0 radical (unpaired) electrons. The van der Waals surface area contributed by atoms with E-state index in [4.69, 9.17) is 9.47 Å². The van der Waals surface area contributed by atoms with E-state index in [1.165, 1.54) is 12.1 Å². The van der Waals surface area contributed by atoms with Crippen LogP contribution < -0.4 is 9.47 Å². The Kier molecular flexibility index (Phi) is 4.58. The standard InChI is InChI=1S/C16H17FO3/c1-11-9-12(17)3-8-15(11)16(18)10-20-14-6-4-13(19-2)5-7-14/h3-9,16,18H,10H2,1-2H3. The zero-order valence-electron chi connectivity index (χ0n) is 11.5. The minimum Gasteiger partial charge on any atom is -0.497 e. The topological polar surface area (TPSA) is 38.7 Å². The molecule has 4 heteroatoms. The average Bonchev–Trinajstić information content (AvgIpc) is 2.45. The molecule has 0 aliphatic rings. The fraction of sp³-hybridized carbons (Fsp3) is 0.250. The molecule has 2 aromatic carbocycles. The summed E-state index contributed by atoms with van der Waals surface area (Å²) in [6.07, 6.45) is -0.794. The van der Waals surface area contributed by atoms with E-state index in [0.29, 0.717) is 16.9 Å². The first-order valence-electron chi connectivity index (χ1n) is 6.31. The van der Waals surface area contributed by atoms with Crippen LogP contribution >= 0.6 is 0 Å². The molecule has 0 saturated carbocycles. The summed E-state index contributed by atoms with van der Waals surface area (Å²) >= 11 is 0. The lowest BCUT2D eigenvalue weighted by atomic mass is 10.0. The molecule has 0 amide bonds. The first-order valence-corrected chi connectivity index (χ1v) is 6.31. The number of ether oxygens (including phenoxy) is 2. The second-order valence-electron chi connectivity index (χ2n) is 4.50. The highest BCUT2D eigenvalue weighted by Crippen LogP contribution is 2.21. The third kappa shape index (κ3) is 3.48. The summed E-state index contributed by atoms with van der Waals surface area (Å²) in [5.41, 5.74) is 1.37. The Morgan fingerprint density at radius 2 is 1.75 bits per heavy atom. The van der Waals surface area contributed by atoms with Crippen LogP contribution in [0.4, 0.5) is 4.39 Å². The van der Waals surface area contributed by atoms with Crippen molar-refractivity contribution in [1.29, 1.82) is 0 Å². The molecule has 0 spiro atoms. The predicted molar refractivity (Wildman–Crippen MR) is 74.6 cm³/mol. The van der Waals surface area contributed by atoms with Crippen molar-refractivity contribution >= 4 is 0 Å². The maximum absolute atomic E-state index is 13.0. The van der Waals surface area contributed by atoms with Gasteiger partial charge in [0.15, 0.2) is 0 Å². The Balaban J connectivity index is 1.98. The van der Waals surface area contributed by atoms with Crippen molar-refractivity contribution in [3.8, 4) is 11.5 Å². The molecule has 2 rings (SSSR count). The maximum Gasteiger partial charge on any atom is 0.123 e. The Bertz CT molecular complexity index is 566. The molecule has 0 fully saturated rings. The van der Waals surface area contributed by atoms with Crippen LogP contribution in [-0.4, -0.2) is 18.8 Å². The van der Waals surface area contributed by atoms with Crippen LogP contribution in [-0.2, 0) is 0 Å². The van der Waals surface area contributed by atoms with Crippen molar-refractivity contribution in [2.24, 2.45) is 0 Å². The van der Waals surface area contributed by atoms with Crippen molar-refractivity contribution in [2.45, 2.75) is 13.0 Å². The first kappa shape index (κ1) is 14.3. The summed E-state index contributed by atoms with van der Waals surface area (Å²) in [6, 6.07) is 11.4. The molecular weight excluding hydrogens is 259 g/mol. The van der Waals surface area contributed by atoms with E-state index >= 15 is 0 Å². The van der Waals surface area contributed by atoms with Gasteiger partial charge in [-0.3, -0.25) is 0 Å². The Hall–Kier alpha value is -2.07. The van der Waals surface area contributed by atoms with E-state index in [1.807, 2.05) is 0 Å². The van der Waals surface area contributed by atoms with Gasteiger partial charge in [0.25, 0.3) is 0 Å². The second-order valence-corrected chi connectivity index (χ2v) is 4.50. The van der Waals surface area contributed by atoms with Crippen LogP contribution in [0.5, 0.6) is 11.5 Å². The highest BCUT2D eigenvalue weighted by molar-refractivity contribution is 5.32. The number of aryl methyl sites for hydroxylation is 1. The van der Waals surface area contributed by atoms with Crippen molar-refractivity contribution in [2.75, 3.05) is 13.7 Å². The van der Waals surface area contributed by atoms with Gasteiger partial charge in [0.05, 0.1) is 7.11 Å². The molecule has 1 atom stereocenters. The smallest absolute Gasteiger partial charge is 0.123 e. The molecule has 0 aliphatic carbocycles. The minimum atomic E-state index is -0.794. The van der Waals surface area contributed by atoms with Crippen molar-refractivity contribution < 1.29 is 19.0 Å². The second kappa shape index (κ2) is 6.39. The summed E-state index contributed by atoms with van der Waals surface area (Å²) < 4.78 is 23.6. The molecular formula is C16H17FO3. The van der Waals surface area contributed by atoms with Crippen molar-refractivity contribution in [3.05, 3.63) is 59.4 Å². The van der Waals surface area contributed by atoms with Gasteiger partial charge in [-0.1, -0.05) is 6.07 Å². The lowest BCUT2D eigenvalue weighted by Gasteiger charge is -2.15. The van der Waals surface area contributed by atoms with E-state index in [0.717, 1.165) is 5.75 Å². The predicted octanol–water partition coefficient (Wildman–Crippen LogP) is 3.26. The number of hydrogen-bond acceptors (Lipinski definition) is 3. The Morgan fingerprint density at radius 1 is 1.10 bits per heavy atom. The number of rotatable bonds is 5. The highest BCUT2D eigenvalue weighted by atomic mass is 19.1. The van der Waals surface area contributed by atoms with E-state index in [1.54, 1.807) is 44.4 Å². The van der Waals surface area contributed by atoms with Crippen LogP contribution in [0.2, 0.25) is 0 Å². The van der Waals surface area contributed by atoms with Gasteiger partial charge in [-0.15, -0.1) is 0 Å². The third-order valence-electron chi connectivity index (χ3n) is 3.06. The van der Waals surface area contributed by atoms with Gasteiger partial charge in [-0.05, 0) is 54.4 Å². The van der Waals surface area contributed by atoms with Gasteiger partial charge < -0.3 is 14.6 Å². The average molecular weight is 276 g/mol. The van der Waals surface area contributed by atoms with Crippen LogP contribution in [0.3, 0.4) is 0 Å². The molecule has 106 valence electrons. The summed E-state index contributed by atoms with van der Waals surface area (Å²) in [7, 11) is 1.59. The number of hydrogen-bond donors (Lipinski definition) is 1. The molecule has 0 heterocycles. The zero-order valence-corrected chi connectivity index (χ0v) is 11.5. The first-order chi connectivity index (χ1) is 9.60. The molecule has 1 unspecified atom stereocenters. The Labute approximate surface area is 117 Å². The summed E-state index contributed by atoms with van der Waals surface area (Å²) in [6.45, 7) is 1.87. The zero-order chi connectivity index (χ0) is 14.5. The monoisotopic (exact) mass is 276 g/mol. The number of halogens is 1. The van der Waals surface area contributed by atoms with Crippen LogP contribution in [0.25, 0.3) is 0 Å². The van der Waals surface area contributed by atoms with Gasteiger partial charge in [-0.25, -0.2) is 4.39 Å². The highest BCUT2D eigenvalue weighted by Gasteiger charge is 2.12. The molecule has 0 saturated heterocycles. The van der Waals surface area contributed by atoms with Crippen molar-refractivity contribution in [1.82, 2.24) is 0 Å². The van der Waals surface area contributed by atoms with Gasteiger partial charge in [-0.2, -0.15) is 0 Å². The molecule has 20 heavy (non-hydrogen) atoms. The largest absolute Gasteiger partial charge is 0.497 e. The molecule has 0 aromatic heterocycles. The van der Waals surface area contributed by atoms with Gasteiger partial charge in [0.1, 0.15) is 30.0 Å². The quantitative estimate of drug-likeness (QED) is 0.911. The van der Waals surface area contributed by atoms with Gasteiger partial charge >= 0.3 is 0 Å². The molecule has 0 bridgehead atoms. The van der Waals surface area contributed by atoms with Gasteiger partial charge in [0, 0.05) is 0 Å². The van der Waals surface area contributed by atoms with E-state index in [9.17, 15) is 9.50 Å². The van der Waals surface area contributed by atoms with Crippen LogP contribution in [0.15, 0.2) is 42.5 Å². The van der Waals surface area contributed by atoms with Gasteiger partial charge in [0.2, 0.25) is 0 Å². The van der Waals surface area contributed by atoms with E-state index in [-0.39, 0.29) is 12.4 Å². The fourth-order valence-corrected chi connectivity index (χ4v) is 1.95. The fourth-order valence-electron chi connectivity index (χ4n) is 1.95. The lowest BCUT2D eigenvalue weighted by molar-refractivity contribution is 0.107. The van der Waals surface area contributed by atoms with Crippen LogP contribution in [0, 0.1) is 12.7 Å². The minimum absolute atomic E-state index is 0.110. The summed E-state index contributed by atoms with van der Waals surface area (Å²) in [5.74, 6) is 1.08. The molecule has 2 aromatic rings. The molecule has 0 aliphatic heterocycles. The Morgan fingerprint density at radius 3 is 2.35 bits per heavy atom. The number of benzene rings is 2. The SMILES string of the molecule is COc1ccc(OCC(O)c2ccc(F)cc2C)cc1. The van der Waals surface area contributed by atoms with Crippen LogP contribution in [0.1, 0.15) is 17.2 Å². The number of aliphatic hydroxyl groups is 1. The number of aliphatic hydroxyl groups excluding tert-OH is 1. The lowest BCUT2D eigenvalue weighted by Crippen LogP contribution is -2.11. The number of methoxy groups -OCH3 is 1. The van der Waals surface area contributed by atoms with E-state index < -0.39 is 6.10 Å².